The fourth-order valence-corrected chi connectivity index (χ4v) is 3.82. The van der Waals surface area contributed by atoms with E-state index in [1.807, 2.05) is 18.2 Å². The van der Waals surface area contributed by atoms with Crippen LogP contribution in [0.4, 0.5) is 5.69 Å². The summed E-state index contributed by atoms with van der Waals surface area (Å²) < 4.78 is 5.23. The van der Waals surface area contributed by atoms with E-state index in [9.17, 15) is 0 Å². The van der Waals surface area contributed by atoms with Crippen molar-refractivity contribution in [3.05, 3.63) is 23.2 Å². The molecule has 0 saturated heterocycles. The van der Waals surface area contributed by atoms with Crippen LogP contribution in [0.1, 0.15) is 25.7 Å². The predicted molar refractivity (Wildman–Crippen MR) is 75.4 cm³/mol. The van der Waals surface area contributed by atoms with Crippen LogP contribution in [-0.4, -0.2) is 13.7 Å². The maximum absolute atomic E-state index is 6.20. The smallest absolute Gasteiger partial charge is 0.121 e. The second-order valence-corrected chi connectivity index (χ2v) is 6.07. The van der Waals surface area contributed by atoms with Crippen molar-refractivity contribution >= 4 is 17.3 Å². The van der Waals surface area contributed by atoms with Gasteiger partial charge in [0, 0.05) is 12.6 Å². The van der Waals surface area contributed by atoms with E-state index >= 15 is 0 Å². The van der Waals surface area contributed by atoms with Gasteiger partial charge >= 0.3 is 0 Å². The molecule has 2 aliphatic carbocycles. The Kier molecular flexibility index (Phi) is 3.38. The molecule has 98 valence electrons. The summed E-state index contributed by atoms with van der Waals surface area (Å²) in [6.45, 7) is 1.05. The molecule has 1 N–H and O–H groups in total. The summed E-state index contributed by atoms with van der Waals surface area (Å²) in [5.41, 5.74) is 0.999. The number of fused-ring (bicyclic) bond motifs is 2. The van der Waals surface area contributed by atoms with E-state index in [1.54, 1.807) is 7.11 Å². The van der Waals surface area contributed by atoms with E-state index in [0.717, 1.165) is 40.8 Å². The number of hydrogen-bond acceptors (Lipinski definition) is 2. The second-order valence-electron chi connectivity index (χ2n) is 5.66. The standard InChI is InChI=1S/C15H20ClNO/c1-18-13-4-5-14(16)15(8-13)17-9-12-7-10-2-3-11(12)6-10/h4-5,8,10-12,17H,2-3,6-7,9H2,1H3. The SMILES string of the molecule is COc1ccc(Cl)c(NCC2CC3CCC2C3)c1. The predicted octanol–water partition coefficient (Wildman–Crippen LogP) is 4.20. The Morgan fingerprint density at radius 1 is 1.33 bits per heavy atom. The topological polar surface area (TPSA) is 21.3 Å². The average Bonchev–Trinajstić information content (AvgIpc) is 3.00. The fourth-order valence-electron chi connectivity index (χ4n) is 3.63. The van der Waals surface area contributed by atoms with Crippen LogP contribution in [0.3, 0.4) is 0 Å². The minimum absolute atomic E-state index is 0.777. The summed E-state index contributed by atoms with van der Waals surface area (Å²) in [6, 6.07) is 5.77. The van der Waals surface area contributed by atoms with Crippen molar-refractivity contribution in [1.82, 2.24) is 0 Å². The molecule has 3 heteroatoms. The molecule has 3 rings (SSSR count). The molecule has 0 heterocycles. The third kappa shape index (κ3) is 2.31. The molecule has 1 aromatic rings. The van der Waals surface area contributed by atoms with E-state index in [2.05, 4.69) is 5.32 Å². The number of halogens is 1. The highest BCUT2D eigenvalue weighted by molar-refractivity contribution is 6.33. The summed E-state index contributed by atoms with van der Waals surface area (Å²) in [5.74, 6) is 3.65. The van der Waals surface area contributed by atoms with Gasteiger partial charge in [0.25, 0.3) is 0 Å². The molecule has 1 aromatic carbocycles. The van der Waals surface area contributed by atoms with Gasteiger partial charge in [-0.15, -0.1) is 0 Å². The van der Waals surface area contributed by atoms with Crippen LogP contribution in [0.15, 0.2) is 18.2 Å². The normalized spacial score (nSPS) is 29.6. The zero-order valence-corrected chi connectivity index (χ0v) is 11.5. The third-order valence-corrected chi connectivity index (χ3v) is 4.94. The van der Waals surface area contributed by atoms with Gasteiger partial charge in [-0.05, 0) is 49.1 Å². The number of anilines is 1. The molecule has 2 nitrogen and oxygen atoms in total. The van der Waals surface area contributed by atoms with Gasteiger partial charge in [0.05, 0.1) is 17.8 Å². The molecule has 2 bridgehead atoms. The van der Waals surface area contributed by atoms with Gasteiger partial charge in [0.15, 0.2) is 0 Å². The minimum Gasteiger partial charge on any atom is -0.497 e. The van der Waals surface area contributed by atoms with Crippen molar-refractivity contribution in [1.29, 1.82) is 0 Å². The Morgan fingerprint density at radius 2 is 2.22 bits per heavy atom. The Morgan fingerprint density at radius 3 is 2.89 bits per heavy atom. The van der Waals surface area contributed by atoms with E-state index in [-0.39, 0.29) is 0 Å². The zero-order chi connectivity index (χ0) is 12.5. The van der Waals surface area contributed by atoms with Gasteiger partial charge in [-0.3, -0.25) is 0 Å². The number of nitrogens with one attached hydrogen (secondary N) is 1. The Balaban J connectivity index is 1.62. The first-order valence-electron chi connectivity index (χ1n) is 6.83. The van der Waals surface area contributed by atoms with E-state index in [1.165, 1.54) is 25.7 Å². The van der Waals surface area contributed by atoms with Crippen LogP contribution in [-0.2, 0) is 0 Å². The molecule has 2 fully saturated rings. The van der Waals surface area contributed by atoms with Gasteiger partial charge in [-0.1, -0.05) is 18.0 Å². The lowest BCUT2D eigenvalue weighted by molar-refractivity contribution is 0.348. The van der Waals surface area contributed by atoms with Crippen LogP contribution in [0.25, 0.3) is 0 Å². The monoisotopic (exact) mass is 265 g/mol. The largest absolute Gasteiger partial charge is 0.497 e. The molecule has 0 spiro atoms. The summed E-state index contributed by atoms with van der Waals surface area (Å²) >= 11 is 6.20. The van der Waals surface area contributed by atoms with Crippen molar-refractivity contribution in [2.45, 2.75) is 25.7 Å². The lowest BCUT2D eigenvalue weighted by atomic mass is 9.89. The highest BCUT2D eigenvalue weighted by atomic mass is 35.5. The van der Waals surface area contributed by atoms with Crippen LogP contribution < -0.4 is 10.1 Å². The maximum Gasteiger partial charge on any atom is 0.121 e. The van der Waals surface area contributed by atoms with E-state index < -0.39 is 0 Å². The molecule has 3 atom stereocenters. The quantitative estimate of drug-likeness (QED) is 0.881. The molecule has 0 aliphatic heterocycles. The number of rotatable bonds is 4. The molecule has 2 saturated carbocycles. The number of hydrogen-bond donors (Lipinski definition) is 1. The van der Waals surface area contributed by atoms with E-state index in [0.29, 0.717) is 0 Å². The first-order chi connectivity index (χ1) is 8.76. The maximum atomic E-state index is 6.20. The molecule has 0 radical (unpaired) electrons. The lowest BCUT2D eigenvalue weighted by Crippen LogP contribution is -2.20. The highest BCUT2D eigenvalue weighted by Gasteiger charge is 2.39. The van der Waals surface area contributed by atoms with Crippen LogP contribution in [0.5, 0.6) is 5.75 Å². The molecule has 3 unspecified atom stereocenters. The van der Waals surface area contributed by atoms with E-state index in [4.69, 9.17) is 16.3 Å². The van der Waals surface area contributed by atoms with Crippen molar-refractivity contribution in [2.24, 2.45) is 17.8 Å². The van der Waals surface area contributed by atoms with Crippen molar-refractivity contribution in [3.8, 4) is 5.75 Å². The third-order valence-electron chi connectivity index (χ3n) is 4.61. The Labute approximate surface area is 114 Å². The first-order valence-corrected chi connectivity index (χ1v) is 7.21. The lowest BCUT2D eigenvalue weighted by Gasteiger charge is -2.22. The van der Waals surface area contributed by atoms with Crippen molar-refractivity contribution < 1.29 is 4.74 Å². The molecule has 18 heavy (non-hydrogen) atoms. The average molecular weight is 266 g/mol. The molecule has 0 amide bonds. The van der Waals surface area contributed by atoms with Gasteiger partial charge in [-0.2, -0.15) is 0 Å². The second kappa shape index (κ2) is 5.00. The Bertz CT molecular complexity index is 435. The molecule has 2 aliphatic rings. The zero-order valence-electron chi connectivity index (χ0n) is 10.8. The van der Waals surface area contributed by atoms with Gasteiger partial charge < -0.3 is 10.1 Å². The fraction of sp³-hybridized carbons (Fsp3) is 0.600. The number of benzene rings is 1. The summed E-state index contributed by atoms with van der Waals surface area (Å²) in [7, 11) is 1.68. The van der Waals surface area contributed by atoms with Gasteiger partial charge in [0.1, 0.15) is 5.75 Å². The summed E-state index contributed by atoms with van der Waals surface area (Å²) in [4.78, 5) is 0. The van der Waals surface area contributed by atoms with Crippen molar-refractivity contribution in [2.75, 3.05) is 19.0 Å². The summed E-state index contributed by atoms with van der Waals surface area (Å²) in [5, 5.41) is 4.28. The molecular formula is C15H20ClNO. The number of ether oxygens (including phenoxy) is 1. The van der Waals surface area contributed by atoms with Crippen molar-refractivity contribution in [3.63, 3.8) is 0 Å². The summed E-state index contributed by atoms with van der Waals surface area (Å²) in [6.07, 6.45) is 5.75. The van der Waals surface area contributed by atoms with Crippen LogP contribution >= 0.6 is 11.6 Å². The highest BCUT2D eigenvalue weighted by Crippen LogP contribution is 2.48. The number of methoxy groups -OCH3 is 1. The van der Waals surface area contributed by atoms with Crippen LogP contribution in [0.2, 0.25) is 5.02 Å². The Hall–Kier alpha value is -0.890. The first kappa shape index (κ1) is 12.2. The van der Waals surface area contributed by atoms with Gasteiger partial charge in [0.2, 0.25) is 0 Å². The minimum atomic E-state index is 0.777. The molecule has 0 aromatic heterocycles. The molecular weight excluding hydrogens is 246 g/mol. The van der Waals surface area contributed by atoms with Gasteiger partial charge in [-0.25, -0.2) is 0 Å². The van der Waals surface area contributed by atoms with Crippen LogP contribution in [0, 0.1) is 17.8 Å².